The van der Waals surface area contributed by atoms with Gasteiger partial charge < -0.3 is 14.5 Å². The molecule has 4 nitrogen and oxygen atoms in total. The van der Waals surface area contributed by atoms with Gasteiger partial charge in [-0.15, -0.1) is 0 Å². The fourth-order valence-corrected chi connectivity index (χ4v) is 4.36. The van der Waals surface area contributed by atoms with Crippen LogP contribution in [0.25, 0.3) is 0 Å². The highest BCUT2D eigenvalue weighted by molar-refractivity contribution is 5.69. The topological polar surface area (TPSA) is 32.8 Å². The first kappa shape index (κ1) is 15.1. The molecule has 0 radical (unpaired) electrons. The predicted octanol–water partition coefficient (Wildman–Crippen LogP) is 3.26. The SMILES string of the molecule is O=C1OCCN1CCCN1CCC[C@H]1CC1CCCCC1. The van der Waals surface area contributed by atoms with Crippen molar-refractivity contribution in [1.82, 2.24) is 9.80 Å². The van der Waals surface area contributed by atoms with E-state index in [1.807, 2.05) is 4.90 Å². The van der Waals surface area contributed by atoms with Gasteiger partial charge in [0.25, 0.3) is 0 Å². The minimum atomic E-state index is -0.116. The summed E-state index contributed by atoms with van der Waals surface area (Å²) in [6.45, 7) is 4.64. The molecule has 3 aliphatic rings. The van der Waals surface area contributed by atoms with E-state index in [2.05, 4.69) is 4.90 Å². The smallest absolute Gasteiger partial charge is 0.409 e. The lowest BCUT2D eigenvalue weighted by Gasteiger charge is -2.30. The van der Waals surface area contributed by atoms with Crippen molar-refractivity contribution in [2.24, 2.45) is 5.92 Å². The summed E-state index contributed by atoms with van der Waals surface area (Å²) in [6, 6.07) is 0.818. The Morgan fingerprint density at radius 2 is 1.86 bits per heavy atom. The maximum atomic E-state index is 11.4. The number of rotatable bonds is 6. The van der Waals surface area contributed by atoms with Gasteiger partial charge in [-0.1, -0.05) is 32.1 Å². The number of hydrogen-bond donors (Lipinski definition) is 0. The number of carbonyl (C=O) groups is 1. The van der Waals surface area contributed by atoms with Crippen molar-refractivity contribution < 1.29 is 9.53 Å². The van der Waals surface area contributed by atoms with Gasteiger partial charge in [0.1, 0.15) is 6.61 Å². The Bertz CT molecular complexity index is 342. The van der Waals surface area contributed by atoms with Crippen LogP contribution in [0.2, 0.25) is 0 Å². The molecule has 2 heterocycles. The second-order valence-electron chi connectivity index (χ2n) is 7.03. The largest absolute Gasteiger partial charge is 0.448 e. The normalized spacial score (nSPS) is 28.3. The van der Waals surface area contributed by atoms with E-state index < -0.39 is 0 Å². The van der Waals surface area contributed by atoms with E-state index in [-0.39, 0.29) is 6.09 Å². The van der Waals surface area contributed by atoms with Crippen LogP contribution in [0.4, 0.5) is 4.79 Å². The van der Waals surface area contributed by atoms with Crippen molar-refractivity contribution in [1.29, 1.82) is 0 Å². The summed E-state index contributed by atoms with van der Waals surface area (Å²) in [5, 5.41) is 0. The highest BCUT2D eigenvalue weighted by atomic mass is 16.6. The second kappa shape index (κ2) is 7.48. The maximum absolute atomic E-state index is 11.4. The predicted molar refractivity (Wildman–Crippen MR) is 83.3 cm³/mol. The van der Waals surface area contributed by atoms with Crippen LogP contribution in [0.3, 0.4) is 0 Å². The van der Waals surface area contributed by atoms with E-state index >= 15 is 0 Å². The van der Waals surface area contributed by atoms with Crippen LogP contribution >= 0.6 is 0 Å². The molecular formula is C17H30N2O2. The Balaban J connectivity index is 1.38. The summed E-state index contributed by atoms with van der Waals surface area (Å²) in [5.41, 5.74) is 0. The Kier molecular flexibility index (Phi) is 5.39. The van der Waals surface area contributed by atoms with Crippen LogP contribution in [0, 0.1) is 5.92 Å². The third-order valence-electron chi connectivity index (χ3n) is 5.55. The first-order chi connectivity index (χ1) is 10.3. The third-order valence-corrected chi connectivity index (χ3v) is 5.55. The molecule has 1 aliphatic carbocycles. The molecule has 0 aromatic heterocycles. The molecule has 1 amide bonds. The molecular weight excluding hydrogens is 264 g/mol. The molecule has 3 rings (SSSR count). The number of ether oxygens (including phenoxy) is 1. The van der Waals surface area contributed by atoms with Crippen LogP contribution in [0.1, 0.15) is 57.8 Å². The summed E-state index contributed by atoms with van der Waals surface area (Å²) >= 11 is 0. The molecule has 0 aromatic rings. The molecule has 1 saturated carbocycles. The average molecular weight is 294 g/mol. The fraction of sp³-hybridized carbons (Fsp3) is 0.941. The molecule has 0 unspecified atom stereocenters. The number of amides is 1. The lowest BCUT2D eigenvalue weighted by atomic mass is 9.84. The minimum absolute atomic E-state index is 0.116. The van der Waals surface area contributed by atoms with Gasteiger partial charge in [-0.3, -0.25) is 0 Å². The highest BCUT2D eigenvalue weighted by Gasteiger charge is 2.28. The highest BCUT2D eigenvalue weighted by Crippen LogP contribution is 2.32. The van der Waals surface area contributed by atoms with Gasteiger partial charge in [0.15, 0.2) is 0 Å². The van der Waals surface area contributed by atoms with E-state index in [1.165, 1.54) is 57.9 Å². The van der Waals surface area contributed by atoms with Crippen molar-refractivity contribution in [3.8, 4) is 0 Å². The maximum Gasteiger partial charge on any atom is 0.409 e. The number of likely N-dealkylation sites (tertiary alicyclic amines) is 1. The van der Waals surface area contributed by atoms with E-state index in [1.54, 1.807) is 0 Å². The Labute approximate surface area is 128 Å². The first-order valence-corrected chi connectivity index (χ1v) is 8.98. The zero-order valence-corrected chi connectivity index (χ0v) is 13.3. The van der Waals surface area contributed by atoms with Crippen LogP contribution in [0.5, 0.6) is 0 Å². The summed E-state index contributed by atoms with van der Waals surface area (Å²) in [5.74, 6) is 0.984. The van der Waals surface area contributed by atoms with Crippen molar-refractivity contribution in [3.05, 3.63) is 0 Å². The van der Waals surface area contributed by atoms with Crippen LogP contribution in [0.15, 0.2) is 0 Å². The molecule has 2 aliphatic heterocycles. The zero-order chi connectivity index (χ0) is 14.5. The van der Waals surface area contributed by atoms with Gasteiger partial charge in [0, 0.05) is 19.1 Å². The van der Waals surface area contributed by atoms with Crippen LogP contribution in [-0.4, -0.2) is 54.7 Å². The number of hydrogen-bond acceptors (Lipinski definition) is 3. The van der Waals surface area contributed by atoms with Gasteiger partial charge in [-0.25, -0.2) is 4.79 Å². The summed E-state index contributed by atoms with van der Waals surface area (Å²) in [7, 11) is 0. The molecule has 3 fully saturated rings. The van der Waals surface area contributed by atoms with E-state index in [9.17, 15) is 4.79 Å². The Hall–Kier alpha value is -0.770. The molecule has 21 heavy (non-hydrogen) atoms. The van der Waals surface area contributed by atoms with Crippen molar-refractivity contribution >= 4 is 6.09 Å². The molecule has 0 aromatic carbocycles. The van der Waals surface area contributed by atoms with Gasteiger partial charge in [0.2, 0.25) is 0 Å². The average Bonchev–Trinajstić information content (AvgIpc) is 3.10. The van der Waals surface area contributed by atoms with Crippen molar-refractivity contribution in [3.63, 3.8) is 0 Å². The van der Waals surface area contributed by atoms with Gasteiger partial charge in [-0.05, 0) is 38.1 Å². The second-order valence-corrected chi connectivity index (χ2v) is 7.03. The summed E-state index contributed by atoms with van der Waals surface area (Å²) in [6.07, 6.45) is 12.4. The van der Waals surface area contributed by atoms with Crippen molar-refractivity contribution in [2.45, 2.75) is 63.8 Å². The molecule has 4 heteroatoms. The number of nitrogens with zero attached hydrogens (tertiary/aromatic N) is 2. The molecule has 0 N–H and O–H groups in total. The Morgan fingerprint density at radius 3 is 2.62 bits per heavy atom. The molecule has 0 spiro atoms. The van der Waals surface area contributed by atoms with Gasteiger partial charge in [-0.2, -0.15) is 0 Å². The lowest BCUT2D eigenvalue weighted by molar-refractivity contribution is 0.154. The lowest BCUT2D eigenvalue weighted by Crippen LogP contribution is -2.35. The summed E-state index contributed by atoms with van der Waals surface area (Å²) < 4.78 is 4.98. The zero-order valence-electron chi connectivity index (χ0n) is 13.3. The molecule has 1 atom stereocenters. The van der Waals surface area contributed by atoms with Gasteiger partial charge >= 0.3 is 6.09 Å². The van der Waals surface area contributed by atoms with E-state index in [0.717, 1.165) is 38.0 Å². The molecule has 0 bridgehead atoms. The standard InChI is InChI=1S/C17H30N2O2/c20-17-19(12-13-21-17)11-5-10-18-9-4-8-16(18)14-15-6-2-1-3-7-15/h15-16H,1-14H2/t16-/m0/s1. The van der Waals surface area contributed by atoms with E-state index in [4.69, 9.17) is 4.74 Å². The number of cyclic esters (lactones) is 1. The van der Waals surface area contributed by atoms with Crippen LogP contribution < -0.4 is 0 Å². The monoisotopic (exact) mass is 294 g/mol. The Morgan fingerprint density at radius 1 is 1.00 bits per heavy atom. The quantitative estimate of drug-likeness (QED) is 0.754. The molecule has 2 saturated heterocycles. The van der Waals surface area contributed by atoms with E-state index in [0.29, 0.717) is 6.61 Å². The van der Waals surface area contributed by atoms with Crippen molar-refractivity contribution in [2.75, 3.05) is 32.8 Å². The minimum Gasteiger partial charge on any atom is -0.448 e. The fourth-order valence-electron chi connectivity index (χ4n) is 4.36. The molecule has 120 valence electrons. The summed E-state index contributed by atoms with van der Waals surface area (Å²) in [4.78, 5) is 16.0. The third kappa shape index (κ3) is 4.12. The van der Waals surface area contributed by atoms with Gasteiger partial charge in [0.05, 0.1) is 6.54 Å². The first-order valence-electron chi connectivity index (χ1n) is 8.98. The number of carbonyl (C=O) groups excluding carboxylic acids is 1. The van der Waals surface area contributed by atoms with Crippen LogP contribution in [-0.2, 0) is 4.74 Å².